The van der Waals surface area contributed by atoms with Crippen LogP contribution in [0.1, 0.15) is 65.2 Å². The number of phenolic OH excluding ortho intramolecular Hbond substituents is 2. The minimum Gasteiger partial charge on any atom is -0.508 e. The third kappa shape index (κ3) is 19.9. The van der Waals surface area contributed by atoms with E-state index < -0.39 is 102 Å². The minimum absolute atomic E-state index is 0.0440. The number of benzene rings is 4. The van der Waals surface area contributed by atoms with E-state index in [1.165, 1.54) is 79.7 Å². The molecule has 1 fully saturated rings. The van der Waals surface area contributed by atoms with Gasteiger partial charge in [0.05, 0.1) is 6.10 Å². The van der Waals surface area contributed by atoms with Crippen LogP contribution in [0.4, 0.5) is 0 Å². The summed E-state index contributed by atoms with van der Waals surface area (Å²) in [6.07, 6.45) is -1.32. The van der Waals surface area contributed by atoms with Crippen molar-refractivity contribution in [2.45, 2.75) is 107 Å². The molecule has 16 N–H and O–H groups in total. The van der Waals surface area contributed by atoms with E-state index in [9.17, 15) is 58.5 Å². The van der Waals surface area contributed by atoms with Crippen LogP contribution in [0.3, 0.4) is 0 Å². The molecule has 1 saturated heterocycles. The molecule has 5 rings (SSSR count). The molecule has 0 bridgehead atoms. The zero-order chi connectivity index (χ0) is 56.9. The zero-order valence-electron chi connectivity index (χ0n) is 42.6. The highest BCUT2D eigenvalue weighted by Crippen LogP contribution is 2.24. The number of aliphatic hydroxyl groups excluding tert-OH is 1. The normalized spacial score (nSPS) is 20.7. The highest BCUT2D eigenvalue weighted by atomic mass is 35.5. The Morgan fingerprint density at radius 1 is 0.654 bits per heavy atom. The highest BCUT2D eigenvalue weighted by molar-refractivity contribution is 8.76. The Morgan fingerprint density at radius 2 is 1.17 bits per heavy atom. The Kier molecular flexibility index (Phi) is 24.1. The molecule has 4 aromatic rings. The summed E-state index contributed by atoms with van der Waals surface area (Å²) in [4.78, 5) is 125. The Balaban J connectivity index is 1.56. The van der Waals surface area contributed by atoms with Gasteiger partial charge >= 0.3 is 0 Å². The van der Waals surface area contributed by atoms with Crippen LogP contribution >= 0.6 is 33.2 Å². The molecule has 418 valence electrons. The first-order chi connectivity index (χ1) is 37.2. The first kappa shape index (κ1) is 61.5. The number of hydrogen-bond donors (Lipinski definition) is 13. The SMILES string of the molecule is CC(O)C1NC(=O)[C@H](CCCCN)NC(=O)[C@@H](Cc2ccc(C(N)=O)cc2)NC(=O)[C@H](Cc2ccc(O)cc2)NC(=O)[C@H](NC(=O)CCc2ccc(Cl)cc2)CSSC[C@@H](C(=O)N[C@H](Cc2ccc(O)cc2)C(N)=O)NC1=O. The molecule has 0 saturated carbocycles. The van der Waals surface area contributed by atoms with Crippen LogP contribution < -0.4 is 54.4 Å². The average molecular weight is 1130 g/mol. The van der Waals surface area contributed by atoms with Crippen molar-refractivity contribution in [3.05, 3.63) is 130 Å². The van der Waals surface area contributed by atoms with Gasteiger partial charge in [-0.3, -0.25) is 43.2 Å². The molecule has 0 aromatic heterocycles. The van der Waals surface area contributed by atoms with Crippen LogP contribution in [0.25, 0.3) is 0 Å². The molecule has 0 radical (unpaired) electrons. The molecule has 0 aliphatic carbocycles. The third-order valence-electron chi connectivity index (χ3n) is 12.4. The summed E-state index contributed by atoms with van der Waals surface area (Å²) in [5, 5.41) is 49.8. The number of primary amides is 2. The van der Waals surface area contributed by atoms with Crippen molar-refractivity contribution in [1.29, 1.82) is 0 Å². The monoisotopic (exact) mass is 1130 g/mol. The molecule has 1 heterocycles. The number of unbranched alkanes of at least 4 members (excludes halogenated alkanes) is 1. The van der Waals surface area contributed by atoms with Gasteiger partial charge < -0.3 is 69.7 Å². The second-order valence-corrected chi connectivity index (χ2v) is 21.5. The average Bonchev–Trinajstić information content (AvgIpc) is 3.41. The fourth-order valence-electron chi connectivity index (χ4n) is 7.96. The molecule has 1 aliphatic heterocycles. The van der Waals surface area contributed by atoms with E-state index in [-0.39, 0.29) is 80.1 Å². The minimum atomic E-state index is -1.75. The van der Waals surface area contributed by atoms with Gasteiger partial charge in [0.2, 0.25) is 53.2 Å². The standard InChI is InChI=1S/C53H65ClN10O12S2/c1-29(65)45-53(76)63-43(52(75)60-39(47(57)70)24-32-9-18-36(66)19-10-32)28-78-77-27-42(58-44(68)22-13-30-7-16-35(54)17-8-30)51(74)62-41(26-33-11-20-37(67)21-12-33)50(73)61-40(25-31-5-14-34(15-6-31)46(56)69)49(72)59-38(48(71)64-45)4-2-3-23-55/h5-12,14-21,29,38-43,45,65-67H,2-4,13,22-28,55H2,1H3,(H2,56,69)(H2,57,70)(H,58,68)(H,59,72)(H,60,75)(H,61,73)(H,62,74)(H,63,76)(H,64,71)/t29?,38-,39+,40+,41-,42+,43-,45?/m0/s1. The molecule has 0 spiro atoms. The molecule has 9 amide bonds. The molecule has 25 heteroatoms. The van der Waals surface area contributed by atoms with E-state index in [1.54, 1.807) is 24.3 Å². The number of carbonyl (C=O) groups excluding carboxylic acids is 9. The summed E-state index contributed by atoms with van der Waals surface area (Å²) in [5.41, 5.74) is 19.3. The third-order valence-corrected chi connectivity index (χ3v) is 15.1. The van der Waals surface area contributed by atoms with Crippen molar-refractivity contribution < 1.29 is 58.5 Å². The summed E-state index contributed by atoms with van der Waals surface area (Å²) >= 11 is 6.06. The van der Waals surface area contributed by atoms with Crippen molar-refractivity contribution in [3.8, 4) is 11.5 Å². The van der Waals surface area contributed by atoms with E-state index in [0.717, 1.165) is 27.2 Å². The summed E-state index contributed by atoms with van der Waals surface area (Å²) in [7, 11) is 1.97. The molecular weight excluding hydrogens is 1070 g/mol. The van der Waals surface area contributed by atoms with Gasteiger partial charge in [-0.1, -0.05) is 81.7 Å². The number of hydrogen-bond acceptors (Lipinski definition) is 15. The largest absolute Gasteiger partial charge is 0.508 e. The van der Waals surface area contributed by atoms with Crippen LogP contribution in [0.5, 0.6) is 11.5 Å². The molecule has 22 nitrogen and oxygen atoms in total. The maximum Gasteiger partial charge on any atom is 0.248 e. The molecule has 78 heavy (non-hydrogen) atoms. The Hall–Kier alpha value is -7.38. The number of nitrogens with two attached hydrogens (primary N) is 3. The first-order valence-corrected chi connectivity index (χ1v) is 27.8. The molecule has 8 atom stereocenters. The number of nitrogens with one attached hydrogen (secondary N) is 7. The maximum absolute atomic E-state index is 14.7. The van der Waals surface area contributed by atoms with Crippen LogP contribution in [0.15, 0.2) is 97.1 Å². The fourth-order valence-corrected chi connectivity index (χ4v) is 10.4. The van der Waals surface area contributed by atoms with E-state index >= 15 is 0 Å². The molecule has 1 aliphatic rings. The summed E-state index contributed by atoms with van der Waals surface area (Å²) in [6, 6.07) is 14.0. The van der Waals surface area contributed by atoms with Crippen molar-refractivity contribution in [3.63, 3.8) is 0 Å². The second kappa shape index (κ2) is 30.5. The van der Waals surface area contributed by atoms with Gasteiger partial charge in [-0.15, -0.1) is 0 Å². The summed E-state index contributed by atoms with van der Waals surface area (Å²) < 4.78 is 0. The number of aromatic hydroxyl groups is 2. The van der Waals surface area contributed by atoms with Gasteiger partial charge in [0.1, 0.15) is 53.8 Å². The van der Waals surface area contributed by atoms with Crippen molar-refractivity contribution >= 4 is 86.4 Å². The lowest BCUT2D eigenvalue weighted by Gasteiger charge is -2.29. The number of rotatable bonds is 19. The Bertz CT molecular complexity index is 2720. The smallest absolute Gasteiger partial charge is 0.248 e. The number of carbonyl (C=O) groups is 9. The predicted octanol–water partition coefficient (Wildman–Crippen LogP) is 0.295. The lowest BCUT2D eigenvalue weighted by atomic mass is 10.00. The molecule has 2 unspecified atom stereocenters. The van der Waals surface area contributed by atoms with Gasteiger partial charge in [-0.05, 0) is 110 Å². The number of phenols is 2. The van der Waals surface area contributed by atoms with Gasteiger partial charge in [-0.25, -0.2) is 0 Å². The maximum atomic E-state index is 14.7. The van der Waals surface area contributed by atoms with Crippen LogP contribution in [-0.2, 0) is 64.0 Å². The van der Waals surface area contributed by atoms with Crippen LogP contribution in [0.2, 0.25) is 5.02 Å². The van der Waals surface area contributed by atoms with Gasteiger partial charge in [0.15, 0.2) is 0 Å². The first-order valence-electron chi connectivity index (χ1n) is 24.9. The van der Waals surface area contributed by atoms with Crippen molar-refractivity contribution in [1.82, 2.24) is 37.2 Å². The lowest BCUT2D eigenvalue weighted by molar-refractivity contribution is -0.136. The molecule has 4 aromatic carbocycles. The number of amides is 9. The summed E-state index contributed by atoms with van der Waals surface area (Å²) in [6.45, 7) is 1.43. The van der Waals surface area contributed by atoms with Gasteiger partial charge in [0.25, 0.3) is 0 Å². The number of aliphatic hydroxyl groups is 1. The van der Waals surface area contributed by atoms with Crippen LogP contribution in [0, 0.1) is 0 Å². The van der Waals surface area contributed by atoms with E-state index in [2.05, 4.69) is 37.2 Å². The van der Waals surface area contributed by atoms with E-state index in [1.807, 2.05) is 0 Å². The van der Waals surface area contributed by atoms with Gasteiger partial charge in [-0.2, -0.15) is 0 Å². The van der Waals surface area contributed by atoms with Crippen molar-refractivity contribution in [2.24, 2.45) is 17.2 Å². The fraction of sp³-hybridized carbons (Fsp3) is 0.377. The highest BCUT2D eigenvalue weighted by Gasteiger charge is 2.36. The second-order valence-electron chi connectivity index (χ2n) is 18.5. The predicted molar refractivity (Wildman–Crippen MR) is 294 cm³/mol. The quantitative estimate of drug-likeness (QED) is 0.0444. The topological polar surface area (TPSA) is 377 Å². The Morgan fingerprint density at radius 3 is 1.72 bits per heavy atom. The molecular formula is C53H65ClN10O12S2. The van der Waals surface area contributed by atoms with E-state index in [0.29, 0.717) is 28.1 Å². The lowest BCUT2D eigenvalue weighted by Crippen LogP contribution is -2.62. The zero-order valence-corrected chi connectivity index (χ0v) is 45.0. The van der Waals surface area contributed by atoms with Crippen LogP contribution in [-0.4, -0.2) is 135 Å². The Labute approximate surface area is 463 Å². The number of halogens is 1. The number of aryl methyl sites for hydroxylation is 1. The van der Waals surface area contributed by atoms with E-state index in [4.69, 9.17) is 28.8 Å². The van der Waals surface area contributed by atoms with Crippen molar-refractivity contribution in [2.75, 3.05) is 18.1 Å². The van der Waals surface area contributed by atoms with Gasteiger partial charge in [0, 0.05) is 47.8 Å². The summed E-state index contributed by atoms with van der Waals surface area (Å²) in [5.74, 6) is -8.31.